The minimum atomic E-state index is 0.692. The van der Waals surface area contributed by atoms with Crippen molar-refractivity contribution in [3.63, 3.8) is 0 Å². The summed E-state index contributed by atoms with van der Waals surface area (Å²) in [6.45, 7) is 11.9. The number of rotatable bonds is 2. The van der Waals surface area contributed by atoms with Gasteiger partial charge >= 0.3 is 0 Å². The monoisotopic (exact) mass is 212 g/mol. The third kappa shape index (κ3) is 2.50. The summed E-state index contributed by atoms with van der Waals surface area (Å²) >= 11 is 0. The molecular weight excluding hydrogens is 188 g/mol. The average molecular weight is 212 g/mol. The summed E-state index contributed by atoms with van der Waals surface area (Å²) < 4.78 is 0. The van der Waals surface area contributed by atoms with Gasteiger partial charge < -0.3 is 0 Å². The predicted molar refractivity (Wildman–Crippen MR) is 62.7 cm³/mol. The molecule has 2 fully saturated rings. The second kappa shape index (κ2) is 4.78. The largest absolute Gasteiger partial charge is 0.298 e. The highest BCUT2D eigenvalue weighted by atomic mass is 15.5. The molecule has 15 heavy (non-hydrogen) atoms. The van der Waals surface area contributed by atoms with Gasteiger partial charge in [0.05, 0.1) is 0 Å². The lowest BCUT2D eigenvalue weighted by Crippen LogP contribution is -2.64. The van der Waals surface area contributed by atoms with Crippen molar-refractivity contribution >= 4 is 0 Å². The first-order valence-electron chi connectivity index (χ1n) is 6.11. The first-order chi connectivity index (χ1) is 7.20. The summed E-state index contributed by atoms with van der Waals surface area (Å²) in [5, 5.41) is 2.34. The highest BCUT2D eigenvalue weighted by Gasteiger charge is 2.32. The number of hydrogen-bond donors (Lipinski definition) is 1. The summed E-state index contributed by atoms with van der Waals surface area (Å²) in [7, 11) is 2.03. The molecule has 1 atom stereocenters. The normalized spacial score (nSPS) is 30.8. The fourth-order valence-corrected chi connectivity index (χ4v) is 2.65. The maximum absolute atomic E-state index is 3.27. The van der Waals surface area contributed by atoms with Crippen LogP contribution in [0.4, 0.5) is 0 Å². The van der Waals surface area contributed by atoms with E-state index in [0.29, 0.717) is 6.04 Å². The summed E-state index contributed by atoms with van der Waals surface area (Å²) in [6.07, 6.45) is 0. The van der Waals surface area contributed by atoms with E-state index in [2.05, 4.69) is 34.1 Å². The lowest BCUT2D eigenvalue weighted by Gasteiger charge is -2.48. The molecule has 2 rings (SSSR count). The lowest BCUT2D eigenvalue weighted by atomic mass is 10.1. The van der Waals surface area contributed by atoms with E-state index in [0.717, 1.165) is 12.6 Å². The van der Waals surface area contributed by atoms with Crippen molar-refractivity contribution in [2.75, 3.05) is 46.3 Å². The van der Waals surface area contributed by atoms with Crippen LogP contribution in [0.25, 0.3) is 0 Å². The van der Waals surface area contributed by atoms with Crippen LogP contribution in [0, 0.1) is 0 Å². The van der Waals surface area contributed by atoms with Crippen LogP contribution in [0.2, 0.25) is 0 Å². The maximum Gasteiger partial charge on any atom is 0.0365 e. The van der Waals surface area contributed by atoms with Crippen LogP contribution in [0.15, 0.2) is 0 Å². The Morgan fingerprint density at radius 1 is 1.07 bits per heavy atom. The van der Waals surface area contributed by atoms with Gasteiger partial charge in [0.2, 0.25) is 0 Å². The third-order valence-corrected chi connectivity index (χ3v) is 3.77. The Morgan fingerprint density at radius 2 is 1.80 bits per heavy atom. The van der Waals surface area contributed by atoms with E-state index in [-0.39, 0.29) is 0 Å². The van der Waals surface area contributed by atoms with E-state index in [4.69, 9.17) is 0 Å². The Bertz CT molecular complexity index is 207. The number of nitrogens with one attached hydrogen (secondary N) is 1. The fourth-order valence-electron chi connectivity index (χ4n) is 2.65. The summed E-state index contributed by atoms with van der Waals surface area (Å²) in [4.78, 5) is 5.24. The molecule has 2 heterocycles. The molecule has 0 saturated carbocycles. The second-order valence-corrected chi connectivity index (χ2v) is 4.95. The molecule has 0 aromatic carbocycles. The van der Waals surface area contributed by atoms with Gasteiger partial charge in [-0.3, -0.25) is 15.2 Å². The summed E-state index contributed by atoms with van der Waals surface area (Å²) in [6, 6.07) is 1.42. The molecule has 0 spiro atoms. The number of nitrogens with zero attached hydrogens (tertiary/aromatic N) is 3. The zero-order valence-corrected chi connectivity index (χ0v) is 10.2. The summed E-state index contributed by atoms with van der Waals surface area (Å²) in [5.41, 5.74) is 3.27. The Kier molecular flexibility index (Phi) is 3.61. The first kappa shape index (κ1) is 11.3. The zero-order valence-electron chi connectivity index (χ0n) is 10.2. The molecule has 0 amide bonds. The zero-order chi connectivity index (χ0) is 10.8. The van der Waals surface area contributed by atoms with Crippen LogP contribution in [0.1, 0.15) is 13.8 Å². The Balaban J connectivity index is 1.91. The molecule has 0 aromatic heterocycles. The second-order valence-electron chi connectivity index (χ2n) is 4.95. The van der Waals surface area contributed by atoms with Crippen LogP contribution >= 0.6 is 0 Å². The molecule has 1 N–H and O–H groups in total. The number of piperazine rings is 2. The van der Waals surface area contributed by atoms with E-state index in [1.165, 1.54) is 32.7 Å². The topological polar surface area (TPSA) is 21.8 Å². The minimum Gasteiger partial charge on any atom is -0.298 e. The van der Waals surface area contributed by atoms with Crippen molar-refractivity contribution in [3.8, 4) is 0 Å². The molecule has 0 bridgehead atoms. The van der Waals surface area contributed by atoms with Crippen molar-refractivity contribution < 1.29 is 0 Å². The van der Waals surface area contributed by atoms with Crippen LogP contribution < -0.4 is 5.43 Å². The SMILES string of the molecule is CNN1CCN2CCN(C(C)C)CC2C1. The third-order valence-electron chi connectivity index (χ3n) is 3.77. The quantitative estimate of drug-likeness (QED) is 0.686. The maximum atomic E-state index is 3.27. The van der Waals surface area contributed by atoms with Crippen LogP contribution in [0.5, 0.6) is 0 Å². The molecule has 2 saturated heterocycles. The highest BCUT2D eigenvalue weighted by molar-refractivity contribution is 4.88. The van der Waals surface area contributed by atoms with Gasteiger partial charge in [0.25, 0.3) is 0 Å². The average Bonchev–Trinajstić information content (AvgIpc) is 2.27. The molecule has 88 valence electrons. The van der Waals surface area contributed by atoms with E-state index in [1.54, 1.807) is 0 Å². The summed E-state index contributed by atoms with van der Waals surface area (Å²) in [5.74, 6) is 0. The molecule has 2 aliphatic rings. The van der Waals surface area contributed by atoms with Crippen molar-refractivity contribution in [3.05, 3.63) is 0 Å². The molecule has 2 aliphatic heterocycles. The van der Waals surface area contributed by atoms with E-state index in [1.807, 2.05) is 7.05 Å². The molecule has 0 aromatic rings. The smallest absolute Gasteiger partial charge is 0.0365 e. The van der Waals surface area contributed by atoms with E-state index in [9.17, 15) is 0 Å². The van der Waals surface area contributed by atoms with Crippen molar-refractivity contribution in [2.45, 2.75) is 25.9 Å². The van der Waals surface area contributed by atoms with Crippen LogP contribution in [0.3, 0.4) is 0 Å². The number of fused-ring (bicyclic) bond motifs is 1. The minimum absolute atomic E-state index is 0.692. The lowest BCUT2D eigenvalue weighted by molar-refractivity contribution is -0.0113. The fraction of sp³-hybridized carbons (Fsp3) is 1.00. The van der Waals surface area contributed by atoms with Gasteiger partial charge in [-0.15, -0.1) is 0 Å². The van der Waals surface area contributed by atoms with E-state index < -0.39 is 0 Å². The van der Waals surface area contributed by atoms with E-state index >= 15 is 0 Å². The van der Waals surface area contributed by atoms with Gasteiger partial charge in [0.1, 0.15) is 0 Å². The molecular formula is C11H24N4. The van der Waals surface area contributed by atoms with Crippen molar-refractivity contribution in [1.29, 1.82) is 0 Å². The van der Waals surface area contributed by atoms with Gasteiger partial charge in [-0.2, -0.15) is 0 Å². The van der Waals surface area contributed by atoms with Crippen molar-refractivity contribution in [2.24, 2.45) is 0 Å². The van der Waals surface area contributed by atoms with Gasteiger partial charge in [0, 0.05) is 51.4 Å². The number of hydrazine groups is 1. The van der Waals surface area contributed by atoms with Crippen molar-refractivity contribution in [1.82, 2.24) is 20.2 Å². The standard InChI is InChI=1S/C11H24N4/c1-10(2)14-5-4-13-6-7-15(12-3)9-11(13)8-14/h10-12H,4-9H2,1-3H3. The Labute approximate surface area is 93.2 Å². The first-order valence-corrected chi connectivity index (χ1v) is 6.11. The number of hydrogen-bond acceptors (Lipinski definition) is 4. The molecule has 0 aliphatic carbocycles. The molecule has 4 nitrogen and oxygen atoms in total. The molecule has 1 unspecified atom stereocenters. The Morgan fingerprint density at radius 3 is 2.47 bits per heavy atom. The van der Waals surface area contributed by atoms with Crippen LogP contribution in [-0.4, -0.2) is 73.2 Å². The predicted octanol–water partition coefficient (Wildman–Crippen LogP) is -0.169. The molecule has 4 heteroatoms. The van der Waals surface area contributed by atoms with Gasteiger partial charge in [-0.1, -0.05) is 0 Å². The van der Waals surface area contributed by atoms with Gasteiger partial charge in [-0.25, -0.2) is 5.01 Å². The van der Waals surface area contributed by atoms with Gasteiger partial charge in [0.15, 0.2) is 0 Å². The highest BCUT2D eigenvalue weighted by Crippen LogP contribution is 2.16. The van der Waals surface area contributed by atoms with Gasteiger partial charge in [-0.05, 0) is 20.9 Å². The molecule has 0 radical (unpaired) electrons. The Hall–Kier alpha value is -0.160. The van der Waals surface area contributed by atoms with Crippen LogP contribution in [-0.2, 0) is 0 Å².